The maximum atomic E-state index is 9.75. The highest BCUT2D eigenvalue weighted by Crippen LogP contribution is 2.30. The van der Waals surface area contributed by atoms with Gasteiger partial charge in [-0.05, 0) is 62.1 Å². The molecule has 51 heavy (non-hydrogen) atoms. The van der Waals surface area contributed by atoms with E-state index in [-0.39, 0.29) is 48.0 Å². The van der Waals surface area contributed by atoms with Crippen molar-refractivity contribution in [2.24, 2.45) is 0 Å². The van der Waals surface area contributed by atoms with Crippen LogP contribution >= 0.6 is 0 Å². The van der Waals surface area contributed by atoms with Crippen LogP contribution in [0, 0.1) is 13.8 Å². The van der Waals surface area contributed by atoms with Crippen LogP contribution in [0.15, 0.2) is 110 Å². The largest absolute Gasteiger partial charge is 1.00 e. The first-order valence-corrected chi connectivity index (χ1v) is 17.7. The maximum Gasteiger partial charge on any atom is 0.673 e. The predicted octanol–water partition coefficient (Wildman–Crippen LogP) is 4.62. The van der Waals surface area contributed by atoms with Gasteiger partial charge in [0.25, 0.3) is 0 Å². The van der Waals surface area contributed by atoms with E-state index in [4.69, 9.17) is 0 Å². The number of unbranched alkanes of at least 4 members (excludes halogenated alkanes) is 6. The molecule has 3 nitrogen and oxygen atoms in total. The van der Waals surface area contributed by atoms with Gasteiger partial charge < -0.3 is 65.2 Å². The van der Waals surface area contributed by atoms with Gasteiger partial charge in [-0.15, -0.1) is 0 Å². The monoisotopic (exact) mass is 925 g/mol. The van der Waals surface area contributed by atoms with Crippen molar-refractivity contribution in [3.05, 3.63) is 121 Å². The summed E-state index contributed by atoms with van der Waals surface area (Å²) in [5.41, 5.74) is 11.0. The summed E-state index contributed by atoms with van der Waals surface area (Å²) in [4.78, 5) is 0. The minimum Gasteiger partial charge on any atom is -1.00 e. The molecule has 5 aromatic rings. The number of halogens is 6. The quantitative estimate of drug-likeness (QED) is 0.0508. The van der Waals surface area contributed by atoms with Crippen molar-refractivity contribution < 1.29 is 78.9 Å². The van der Waals surface area contributed by atoms with Crippen LogP contribution in [-0.4, -0.2) is 7.25 Å². The third kappa shape index (κ3) is 14.6. The van der Waals surface area contributed by atoms with Crippen molar-refractivity contribution in [3.8, 4) is 39.3 Å². The fraction of sp³-hybridized carbons (Fsp3) is 0.341. The lowest BCUT2D eigenvalue weighted by Gasteiger charge is -2.12. The van der Waals surface area contributed by atoms with E-state index in [2.05, 4.69) is 151 Å². The predicted molar refractivity (Wildman–Crippen MR) is 193 cm³/mol. The fourth-order valence-electron chi connectivity index (χ4n) is 5.90. The fourth-order valence-corrected chi connectivity index (χ4v) is 5.90. The summed E-state index contributed by atoms with van der Waals surface area (Å²) in [7, 11) is -6.00. The van der Waals surface area contributed by atoms with Gasteiger partial charge in [-0.2, -0.15) is 4.57 Å². The van der Waals surface area contributed by atoms with Crippen molar-refractivity contribution in [3.63, 3.8) is 0 Å². The van der Waals surface area contributed by atoms with E-state index in [0.29, 0.717) is 0 Å². The van der Waals surface area contributed by atoms with E-state index < -0.39 is 7.25 Å². The molecule has 0 unspecified atom stereocenters. The molecule has 0 atom stereocenters. The molecule has 0 saturated heterocycles. The van der Waals surface area contributed by atoms with Crippen LogP contribution in [0.4, 0.5) is 17.3 Å². The van der Waals surface area contributed by atoms with Gasteiger partial charge in [0.1, 0.15) is 13.1 Å². The summed E-state index contributed by atoms with van der Waals surface area (Å²) < 4.78 is 46.1. The molecule has 0 N–H and O–H groups in total. The Morgan fingerprint density at radius 2 is 0.843 bits per heavy atom. The lowest BCUT2D eigenvalue weighted by Crippen LogP contribution is -3.00. The third-order valence-electron chi connectivity index (χ3n) is 8.66. The standard InChI is InChI=1S/C41H50N3.BF4.2HI/c1-5-7-9-11-25-42-27-21-35(22-28-42)38-31-40(36-17-13-33(3)14-18-36)44(41(32-38)37-19-15-34(4)16-20-37)39-23-29-43(30-24-39)26-12-10-8-6-2;2-1(3,4)5;;/h13-24,27-32H,5-12,25-26H2,1-4H3;;2*1H/q+3;-1;;/p-2. The number of aromatic nitrogens is 3. The van der Waals surface area contributed by atoms with Crippen LogP contribution in [0.25, 0.3) is 39.3 Å². The molecule has 0 bridgehead atoms. The summed E-state index contributed by atoms with van der Waals surface area (Å²) in [6.45, 7) is 11.0. The zero-order valence-corrected chi connectivity index (χ0v) is 34.5. The average Bonchev–Trinajstić information content (AvgIpc) is 3.09. The second kappa shape index (κ2) is 22.3. The first-order valence-electron chi connectivity index (χ1n) is 17.7. The molecule has 0 aliphatic rings. The molecule has 3 aromatic heterocycles. The number of pyridine rings is 3. The molecule has 10 heteroatoms. The molecule has 0 spiro atoms. The highest BCUT2D eigenvalue weighted by molar-refractivity contribution is 6.50. The average molecular weight is 925 g/mol. The zero-order valence-electron chi connectivity index (χ0n) is 30.2. The summed E-state index contributed by atoms with van der Waals surface area (Å²) in [6.07, 6.45) is 19.2. The molecule has 0 saturated carbocycles. The Bertz CT molecular complexity index is 1660. The van der Waals surface area contributed by atoms with Gasteiger partial charge >= 0.3 is 7.25 Å². The first kappa shape index (κ1) is 44.3. The maximum absolute atomic E-state index is 9.75. The van der Waals surface area contributed by atoms with Crippen molar-refractivity contribution in [2.45, 2.75) is 92.2 Å². The van der Waals surface area contributed by atoms with Gasteiger partial charge in [-0.25, -0.2) is 9.13 Å². The van der Waals surface area contributed by atoms with Crippen LogP contribution in [0.5, 0.6) is 0 Å². The van der Waals surface area contributed by atoms with Gasteiger partial charge in [0.05, 0.1) is 12.1 Å². The molecule has 0 aliphatic carbocycles. The van der Waals surface area contributed by atoms with Crippen LogP contribution in [-0.2, 0) is 13.1 Å². The summed E-state index contributed by atoms with van der Waals surface area (Å²) >= 11 is 0. The second-order valence-corrected chi connectivity index (χ2v) is 12.8. The number of rotatable bonds is 14. The Morgan fingerprint density at radius 3 is 1.22 bits per heavy atom. The smallest absolute Gasteiger partial charge is 0.673 e. The molecular formula is C41H50BF4I2N3. The van der Waals surface area contributed by atoms with Gasteiger partial charge in [-0.1, -0.05) is 74.9 Å². The van der Waals surface area contributed by atoms with Gasteiger partial charge in [0, 0.05) is 48.2 Å². The highest BCUT2D eigenvalue weighted by atomic mass is 127. The Balaban J connectivity index is 0.00000120. The third-order valence-corrected chi connectivity index (χ3v) is 8.66. The number of hydrogen-bond acceptors (Lipinski definition) is 0. The Kier molecular flexibility index (Phi) is 19.3. The van der Waals surface area contributed by atoms with E-state index in [0.717, 1.165) is 13.1 Å². The highest BCUT2D eigenvalue weighted by Gasteiger charge is 2.26. The van der Waals surface area contributed by atoms with Gasteiger partial charge in [0.2, 0.25) is 17.1 Å². The number of aryl methyl sites for hydroxylation is 4. The molecule has 5 rings (SSSR count). The topological polar surface area (TPSA) is 11.6 Å². The molecule has 274 valence electrons. The van der Waals surface area contributed by atoms with Crippen LogP contribution in [0.2, 0.25) is 0 Å². The Labute approximate surface area is 336 Å². The normalized spacial score (nSPS) is 10.8. The van der Waals surface area contributed by atoms with E-state index in [1.807, 2.05) is 0 Å². The lowest BCUT2D eigenvalue weighted by molar-refractivity contribution is -0.698. The van der Waals surface area contributed by atoms with E-state index in [9.17, 15) is 17.3 Å². The van der Waals surface area contributed by atoms with Crippen molar-refractivity contribution in [2.75, 3.05) is 0 Å². The molecule has 0 aliphatic heterocycles. The van der Waals surface area contributed by atoms with E-state index in [1.54, 1.807) is 0 Å². The van der Waals surface area contributed by atoms with Crippen molar-refractivity contribution >= 4 is 7.25 Å². The summed E-state index contributed by atoms with van der Waals surface area (Å²) in [5, 5.41) is 0. The molecule has 0 radical (unpaired) electrons. The van der Waals surface area contributed by atoms with Crippen molar-refractivity contribution in [1.29, 1.82) is 0 Å². The molecule has 0 amide bonds. The van der Waals surface area contributed by atoms with Gasteiger partial charge in [0.15, 0.2) is 24.8 Å². The minimum absolute atomic E-state index is 0. The summed E-state index contributed by atoms with van der Waals surface area (Å²) in [5.74, 6) is 0. The van der Waals surface area contributed by atoms with Crippen molar-refractivity contribution in [1.82, 2.24) is 0 Å². The number of benzene rings is 2. The Hall–Kier alpha value is -2.87. The van der Waals surface area contributed by atoms with Crippen LogP contribution < -0.4 is 61.7 Å². The minimum atomic E-state index is -6.00. The van der Waals surface area contributed by atoms with E-state index >= 15 is 0 Å². The van der Waals surface area contributed by atoms with Crippen LogP contribution in [0.3, 0.4) is 0 Å². The van der Waals surface area contributed by atoms with Crippen LogP contribution in [0.1, 0.15) is 76.3 Å². The number of hydrogen-bond donors (Lipinski definition) is 0. The Morgan fingerprint density at radius 1 is 0.471 bits per heavy atom. The molecular weight excluding hydrogens is 875 g/mol. The SMILES string of the molecule is CCCCCC[n+]1ccc(-c2cc(-c3ccc(C)cc3)[n+](-c3cc[n+](CCCCCC)cc3)c(-c3ccc(C)cc3)c2)cc1.F[B-](F)(F)F.[I-].[I-]. The molecule has 0 fully saturated rings. The molecule has 3 heterocycles. The summed E-state index contributed by atoms with van der Waals surface area (Å²) in [6, 6.07) is 31.8. The van der Waals surface area contributed by atoms with E-state index in [1.165, 1.54) is 102 Å². The second-order valence-electron chi connectivity index (χ2n) is 12.8. The lowest BCUT2D eigenvalue weighted by atomic mass is 9.98. The number of nitrogens with zero attached hydrogens (tertiary/aromatic N) is 3. The molecule has 2 aromatic carbocycles. The van der Waals surface area contributed by atoms with Gasteiger partial charge in [-0.3, -0.25) is 0 Å². The first-order chi connectivity index (χ1) is 23.6. The zero-order chi connectivity index (χ0) is 35.2.